The van der Waals surface area contributed by atoms with Crippen molar-refractivity contribution < 1.29 is 5.11 Å². The molecular weight excluding hydrogens is 140 g/mol. The highest BCUT2D eigenvalue weighted by Crippen LogP contribution is 2.44. The summed E-state index contributed by atoms with van der Waals surface area (Å²) < 4.78 is 0. The second kappa shape index (κ2) is 2.44. The molecule has 1 saturated heterocycles. The maximum Gasteiger partial charge on any atom is 0.0550 e. The van der Waals surface area contributed by atoms with Gasteiger partial charge in [-0.2, -0.15) is 0 Å². The summed E-state index contributed by atoms with van der Waals surface area (Å²) in [5.41, 5.74) is 5.96. The van der Waals surface area contributed by atoms with Crippen molar-refractivity contribution in [2.45, 2.75) is 18.9 Å². The number of hydrogen-bond donors (Lipinski definition) is 3. The van der Waals surface area contributed by atoms with Gasteiger partial charge in [0.2, 0.25) is 0 Å². The lowest BCUT2D eigenvalue weighted by Crippen LogP contribution is -2.34. The van der Waals surface area contributed by atoms with Crippen molar-refractivity contribution in [2.24, 2.45) is 17.1 Å². The molecule has 2 fully saturated rings. The summed E-state index contributed by atoms with van der Waals surface area (Å²) in [6, 6.07) is 0. The monoisotopic (exact) mass is 156 g/mol. The molecule has 1 saturated carbocycles. The van der Waals surface area contributed by atoms with E-state index in [-0.39, 0.29) is 11.5 Å². The average molecular weight is 156 g/mol. The molecule has 4 N–H and O–H groups in total. The quantitative estimate of drug-likeness (QED) is 0.471. The summed E-state index contributed by atoms with van der Waals surface area (Å²) in [6.07, 6.45) is 1.76. The van der Waals surface area contributed by atoms with Crippen molar-refractivity contribution in [1.29, 1.82) is 0 Å². The first-order valence-corrected chi connectivity index (χ1v) is 4.36. The van der Waals surface area contributed by atoms with Crippen LogP contribution < -0.4 is 11.1 Å². The Balaban J connectivity index is 2.15. The summed E-state index contributed by atoms with van der Waals surface area (Å²) in [6.45, 7) is 2.78. The molecule has 0 amide bonds. The third kappa shape index (κ3) is 0.991. The van der Waals surface area contributed by atoms with Crippen LogP contribution in [0.2, 0.25) is 0 Å². The van der Waals surface area contributed by atoms with Crippen LogP contribution in [0, 0.1) is 11.3 Å². The van der Waals surface area contributed by atoms with Gasteiger partial charge in [0.25, 0.3) is 0 Å². The molecule has 2 aliphatic rings. The zero-order valence-electron chi connectivity index (χ0n) is 6.71. The maximum atomic E-state index is 9.45. The summed E-state index contributed by atoms with van der Waals surface area (Å²) in [7, 11) is 0. The van der Waals surface area contributed by atoms with Crippen LogP contribution in [0.1, 0.15) is 12.8 Å². The summed E-state index contributed by atoms with van der Waals surface area (Å²) >= 11 is 0. The number of rotatable bonds is 1. The molecule has 1 aliphatic heterocycles. The molecule has 0 bridgehead atoms. The highest BCUT2D eigenvalue weighted by Gasteiger charge is 2.48. The molecule has 64 valence electrons. The zero-order valence-corrected chi connectivity index (χ0v) is 6.71. The first-order chi connectivity index (χ1) is 5.27. The van der Waals surface area contributed by atoms with Crippen molar-refractivity contribution in [3.8, 4) is 0 Å². The third-order valence-electron chi connectivity index (χ3n) is 3.34. The minimum Gasteiger partial charge on any atom is -0.393 e. The van der Waals surface area contributed by atoms with E-state index in [1.807, 2.05) is 0 Å². The molecule has 11 heavy (non-hydrogen) atoms. The van der Waals surface area contributed by atoms with Crippen molar-refractivity contribution in [2.75, 3.05) is 19.6 Å². The van der Waals surface area contributed by atoms with Crippen molar-refractivity contribution >= 4 is 0 Å². The Labute approximate surface area is 67.0 Å². The van der Waals surface area contributed by atoms with E-state index >= 15 is 0 Å². The molecule has 0 spiro atoms. The Morgan fingerprint density at radius 1 is 1.64 bits per heavy atom. The van der Waals surface area contributed by atoms with E-state index in [0.717, 1.165) is 32.5 Å². The number of hydrogen-bond acceptors (Lipinski definition) is 3. The van der Waals surface area contributed by atoms with Crippen molar-refractivity contribution in [3.05, 3.63) is 0 Å². The Morgan fingerprint density at radius 3 is 3.09 bits per heavy atom. The topological polar surface area (TPSA) is 58.3 Å². The van der Waals surface area contributed by atoms with Crippen molar-refractivity contribution in [1.82, 2.24) is 5.32 Å². The highest BCUT2D eigenvalue weighted by molar-refractivity contribution is 5.02. The molecule has 0 radical (unpaired) electrons. The number of nitrogens with two attached hydrogens (primary N) is 1. The van der Waals surface area contributed by atoms with Crippen molar-refractivity contribution in [3.63, 3.8) is 0 Å². The smallest absolute Gasteiger partial charge is 0.0550 e. The maximum absolute atomic E-state index is 9.45. The van der Waals surface area contributed by atoms with Crippen LogP contribution in [0.25, 0.3) is 0 Å². The van der Waals surface area contributed by atoms with Gasteiger partial charge in [0.1, 0.15) is 0 Å². The minimum atomic E-state index is -0.0920. The van der Waals surface area contributed by atoms with E-state index < -0.39 is 0 Å². The molecule has 3 atom stereocenters. The Hall–Kier alpha value is -0.120. The SMILES string of the molecule is NC[C@]12CNC[C@H]1CC(O)C2. The predicted molar refractivity (Wildman–Crippen MR) is 43.1 cm³/mol. The first-order valence-electron chi connectivity index (χ1n) is 4.36. The largest absolute Gasteiger partial charge is 0.393 e. The lowest BCUT2D eigenvalue weighted by Gasteiger charge is -2.25. The fourth-order valence-corrected chi connectivity index (χ4v) is 2.63. The fourth-order valence-electron chi connectivity index (χ4n) is 2.63. The van der Waals surface area contributed by atoms with Gasteiger partial charge in [0.05, 0.1) is 6.10 Å². The second-order valence-electron chi connectivity index (χ2n) is 3.99. The van der Waals surface area contributed by atoms with E-state index in [1.165, 1.54) is 0 Å². The molecule has 0 aromatic carbocycles. The molecule has 3 heteroatoms. The summed E-state index contributed by atoms with van der Waals surface area (Å²) in [4.78, 5) is 0. The lowest BCUT2D eigenvalue weighted by molar-refractivity contribution is 0.161. The van der Waals surface area contributed by atoms with Crippen LogP contribution in [0.4, 0.5) is 0 Å². The highest BCUT2D eigenvalue weighted by atomic mass is 16.3. The Kier molecular flexibility index (Phi) is 1.67. The van der Waals surface area contributed by atoms with Gasteiger partial charge >= 0.3 is 0 Å². The molecule has 1 unspecified atom stereocenters. The minimum absolute atomic E-state index is 0.0920. The molecule has 0 aromatic heterocycles. The third-order valence-corrected chi connectivity index (χ3v) is 3.34. The van der Waals surface area contributed by atoms with Crippen LogP contribution in [0.3, 0.4) is 0 Å². The van der Waals surface area contributed by atoms with Crippen LogP contribution in [0.15, 0.2) is 0 Å². The average Bonchev–Trinajstić information content (AvgIpc) is 2.43. The van der Waals surface area contributed by atoms with Gasteiger partial charge in [-0.1, -0.05) is 0 Å². The first kappa shape index (κ1) is 7.53. The Bertz CT molecular complexity index is 162. The lowest BCUT2D eigenvalue weighted by atomic mass is 9.81. The zero-order chi connectivity index (χ0) is 7.90. The van der Waals surface area contributed by atoms with Crippen LogP contribution >= 0.6 is 0 Å². The van der Waals surface area contributed by atoms with E-state index in [2.05, 4.69) is 5.32 Å². The number of aliphatic hydroxyl groups is 1. The van der Waals surface area contributed by atoms with Crippen LogP contribution in [-0.2, 0) is 0 Å². The molecule has 0 aromatic rings. The van der Waals surface area contributed by atoms with Gasteiger partial charge in [-0.25, -0.2) is 0 Å². The molecule has 1 aliphatic carbocycles. The molecular formula is C8H16N2O. The van der Waals surface area contributed by atoms with Gasteiger partial charge in [-0.05, 0) is 31.8 Å². The van der Waals surface area contributed by atoms with Gasteiger partial charge in [-0.3, -0.25) is 0 Å². The van der Waals surface area contributed by atoms with Gasteiger partial charge in [0.15, 0.2) is 0 Å². The summed E-state index contributed by atoms with van der Waals surface area (Å²) in [5, 5.41) is 12.8. The Morgan fingerprint density at radius 2 is 2.45 bits per heavy atom. The van der Waals surface area contributed by atoms with E-state index in [0.29, 0.717) is 5.92 Å². The van der Waals surface area contributed by atoms with Crippen LogP contribution in [-0.4, -0.2) is 30.8 Å². The second-order valence-corrected chi connectivity index (χ2v) is 3.99. The normalized spacial score (nSPS) is 49.6. The molecule has 3 nitrogen and oxygen atoms in total. The molecule has 2 rings (SSSR count). The predicted octanol–water partition coefficient (Wildman–Crippen LogP) is -0.694. The van der Waals surface area contributed by atoms with Crippen LogP contribution in [0.5, 0.6) is 0 Å². The van der Waals surface area contributed by atoms with E-state index in [1.54, 1.807) is 0 Å². The molecule has 1 heterocycles. The van der Waals surface area contributed by atoms with E-state index in [4.69, 9.17) is 5.73 Å². The van der Waals surface area contributed by atoms with E-state index in [9.17, 15) is 5.11 Å². The van der Waals surface area contributed by atoms with Gasteiger partial charge in [-0.15, -0.1) is 0 Å². The van der Waals surface area contributed by atoms with Gasteiger partial charge in [0, 0.05) is 12.0 Å². The fraction of sp³-hybridized carbons (Fsp3) is 1.00. The standard InChI is InChI=1S/C8H16N2O/c9-4-8-2-7(11)1-6(8)3-10-5-8/h6-7,10-11H,1-5,9H2/t6-,7?,8-/m1/s1. The number of aliphatic hydroxyl groups excluding tert-OH is 1. The summed E-state index contributed by atoms with van der Waals surface area (Å²) in [5.74, 6) is 0.627. The number of fused-ring (bicyclic) bond motifs is 1. The number of nitrogens with one attached hydrogen (secondary N) is 1. The van der Waals surface area contributed by atoms with Gasteiger partial charge < -0.3 is 16.2 Å².